The molecule has 0 aliphatic heterocycles. The summed E-state index contributed by atoms with van der Waals surface area (Å²) in [5.41, 5.74) is 2.82. The standard InChI is InChI=1S/C13H24N2/c1-3-5-7-9-12-11-14-15-13(12)10-8-6-4-2/h11H,3-10H2,1-2H3,(H,14,15). The zero-order valence-corrected chi connectivity index (χ0v) is 10.2. The van der Waals surface area contributed by atoms with Crippen LogP contribution in [0.25, 0.3) is 0 Å². The summed E-state index contributed by atoms with van der Waals surface area (Å²) in [6, 6.07) is 0. The van der Waals surface area contributed by atoms with Gasteiger partial charge in [0.2, 0.25) is 0 Å². The second kappa shape index (κ2) is 7.49. The molecule has 2 nitrogen and oxygen atoms in total. The van der Waals surface area contributed by atoms with Gasteiger partial charge in [0.15, 0.2) is 0 Å². The molecule has 0 aromatic carbocycles. The van der Waals surface area contributed by atoms with Crippen LogP contribution in [0.5, 0.6) is 0 Å². The van der Waals surface area contributed by atoms with E-state index in [1.54, 1.807) is 0 Å². The number of nitrogens with zero attached hydrogens (tertiary/aromatic N) is 1. The minimum atomic E-state index is 1.18. The highest BCUT2D eigenvalue weighted by Crippen LogP contribution is 2.12. The Hall–Kier alpha value is -0.790. The summed E-state index contributed by atoms with van der Waals surface area (Å²) in [6.45, 7) is 4.49. The Kier molecular flexibility index (Phi) is 6.14. The van der Waals surface area contributed by atoms with E-state index in [0.29, 0.717) is 0 Å². The minimum Gasteiger partial charge on any atom is -0.282 e. The van der Waals surface area contributed by atoms with Crippen molar-refractivity contribution in [3.63, 3.8) is 0 Å². The molecule has 0 radical (unpaired) electrons. The number of unbranched alkanes of at least 4 members (excludes halogenated alkanes) is 4. The summed E-state index contributed by atoms with van der Waals surface area (Å²) in [7, 11) is 0. The van der Waals surface area contributed by atoms with E-state index in [9.17, 15) is 0 Å². The maximum absolute atomic E-state index is 4.15. The van der Waals surface area contributed by atoms with Gasteiger partial charge in [-0.1, -0.05) is 39.5 Å². The van der Waals surface area contributed by atoms with Crippen molar-refractivity contribution < 1.29 is 0 Å². The average molecular weight is 208 g/mol. The van der Waals surface area contributed by atoms with Gasteiger partial charge in [0.05, 0.1) is 6.20 Å². The van der Waals surface area contributed by atoms with Gasteiger partial charge in [0.1, 0.15) is 0 Å². The van der Waals surface area contributed by atoms with Gasteiger partial charge in [-0.25, -0.2) is 0 Å². The quantitative estimate of drug-likeness (QED) is 0.645. The molecule has 1 N–H and O–H groups in total. The summed E-state index contributed by atoms with van der Waals surface area (Å²) >= 11 is 0. The largest absolute Gasteiger partial charge is 0.282 e. The van der Waals surface area contributed by atoms with Crippen LogP contribution < -0.4 is 0 Å². The van der Waals surface area contributed by atoms with Gasteiger partial charge in [-0.3, -0.25) is 5.10 Å². The normalized spacial score (nSPS) is 10.8. The van der Waals surface area contributed by atoms with Crippen molar-refractivity contribution in [2.45, 2.75) is 65.2 Å². The van der Waals surface area contributed by atoms with Crippen LogP contribution in [0.3, 0.4) is 0 Å². The molecule has 1 aromatic heterocycles. The van der Waals surface area contributed by atoms with Gasteiger partial charge in [-0.2, -0.15) is 5.10 Å². The molecule has 1 heterocycles. The molecule has 0 aliphatic rings. The molecular weight excluding hydrogens is 184 g/mol. The molecule has 1 rings (SSSR count). The third kappa shape index (κ3) is 4.50. The monoisotopic (exact) mass is 208 g/mol. The lowest BCUT2D eigenvalue weighted by Gasteiger charge is -2.02. The van der Waals surface area contributed by atoms with E-state index >= 15 is 0 Å². The molecule has 0 bridgehead atoms. The molecule has 0 spiro atoms. The van der Waals surface area contributed by atoms with Gasteiger partial charge in [-0.05, 0) is 31.2 Å². The Morgan fingerprint density at radius 1 is 1.00 bits per heavy atom. The lowest BCUT2D eigenvalue weighted by Crippen LogP contribution is -1.93. The van der Waals surface area contributed by atoms with E-state index in [4.69, 9.17) is 0 Å². The van der Waals surface area contributed by atoms with Crippen LogP contribution >= 0.6 is 0 Å². The van der Waals surface area contributed by atoms with Gasteiger partial charge in [-0.15, -0.1) is 0 Å². The van der Waals surface area contributed by atoms with Crippen LogP contribution in [0.15, 0.2) is 6.20 Å². The van der Waals surface area contributed by atoms with E-state index in [2.05, 4.69) is 24.0 Å². The SMILES string of the molecule is CCCCCc1cn[nH]c1CCCCC. The minimum absolute atomic E-state index is 1.18. The first-order chi connectivity index (χ1) is 7.38. The molecule has 0 saturated heterocycles. The number of aromatic amines is 1. The molecule has 15 heavy (non-hydrogen) atoms. The van der Waals surface area contributed by atoms with E-state index in [1.807, 2.05) is 6.20 Å². The van der Waals surface area contributed by atoms with Crippen molar-refractivity contribution in [3.8, 4) is 0 Å². The topological polar surface area (TPSA) is 28.7 Å². The first-order valence-electron chi connectivity index (χ1n) is 6.39. The number of rotatable bonds is 8. The molecule has 0 unspecified atom stereocenters. The van der Waals surface area contributed by atoms with Gasteiger partial charge in [0.25, 0.3) is 0 Å². The third-order valence-electron chi connectivity index (χ3n) is 2.89. The summed E-state index contributed by atoms with van der Waals surface area (Å²) in [6.07, 6.45) is 12.2. The first kappa shape index (κ1) is 12.3. The second-order valence-electron chi connectivity index (χ2n) is 4.29. The molecule has 0 saturated carbocycles. The molecule has 1 aromatic rings. The summed E-state index contributed by atoms with van der Waals surface area (Å²) in [4.78, 5) is 0. The van der Waals surface area contributed by atoms with Crippen LogP contribution in [-0.2, 0) is 12.8 Å². The Bertz CT molecular complexity index is 228. The van der Waals surface area contributed by atoms with Crippen molar-refractivity contribution in [2.75, 3.05) is 0 Å². The van der Waals surface area contributed by atoms with Crippen molar-refractivity contribution in [3.05, 3.63) is 17.5 Å². The van der Waals surface area contributed by atoms with E-state index in [1.165, 1.54) is 62.6 Å². The van der Waals surface area contributed by atoms with Crippen LogP contribution in [0.1, 0.15) is 63.6 Å². The fraction of sp³-hybridized carbons (Fsp3) is 0.769. The number of hydrogen-bond acceptors (Lipinski definition) is 1. The van der Waals surface area contributed by atoms with E-state index in [0.717, 1.165) is 0 Å². The maximum atomic E-state index is 4.15. The van der Waals surface area contributed by atoms with E-state index < -0.39 is 0 Å². The molecule has 86 valence electrons. The first-order valence-corrected chi connectivity index (χ1v) is 6.39. The van der Waals surface area contributed by atoms with Crippen LogP contribution in [0.4, 0.5) is 0 Å². The maximum Gasteiger partial charge on any atom is 0.0522 e. The summed E-state index contributed by atoms with van der Waals surface area (Å²) in [5, 5.41) is 7.30. The van der Waals surface area contributed by atoms with Crippen molar-refractivity contribution >= 4 is 0 Å². The third-order valence-corrected chi connectivity index (χ3v) is 2.89. The predicted octanol–water partition coefficient (Wildman–Crippen LogP) is 3.88. The number of H-pyrrole nitrogens is 1. The van der Waals surface area contributed by atoms with Gasteiger partial charge >= 0.3 is 0 Å². The highest BCUT2D eigenvalue weighted by Gasteiger charge is 2.03. The molecule has 2 heteroatoms. The molecule has 0 aliphatic carbocycles. The fourth-order valence-electron chi connectivity index (χ4n) is 1.89. The smallest absolute Gasteiger partial charge is 0.0522 e. The molecule has 0 atom stereocenters. The van der Waals surface area contributed by atoms with Gasteiger partial charge < -0.3 is 0 Å². The highest BCUT2D eigenvalue weighted by molar-refractivity contribution is 5.16. The zero-order valence-electron chi connectivity index (χ0n) is 10.2. The summed E-state index contributed by atoms with van der Waals surface area (Å²) in [5.74, 6) is 0. The molecule has 0 amide bonds. The average Bonchev–Trinajstić information content (AvgIpc) is 2.67. The predicted molar refractivity (Wildman–Crippen MR) is 65.0 cm³/mol. The van der Waals surface area contributed by atoms with E-state index in [-0.39, 0.29) is 0 Å². The fourth-order valence-corrected chi connectivity index (χ4v) is 1.89. The lowest BCUT2D eigenvalue weighted by atomic mass is 10.0. The number of nitrogens with one attached hydrogen (secondary N) is 1. The molecular formula is C13H24N2. The Labute approximate surface area is 93.5 Å². The van der Waals surface area contributed by atoms with Crippen LogP contribution in [0.2, 0.25) is 0 Å². The van der Waals surface area contributed by atoms with Gasteiger partial charge in [0, 0.05) is 5.69 Å². The lowest BCUT2D eigenvalue weighted by molar-refractivity contribution is 0.687. The Morgan fingerprint density at radius 3 is 2.33 bits per heavy atom. The summed E-state index contributed by atoms with van der Waals surface area (Å²) < 4.78 is 0. The number of aromatic nitrogens is 2. The number of hydrogen-bond donors (Lipinski definition) is 1. The van der Waals surface area contributed by atoms with Crippen molar-refractivity contribution in [1.82, 2.24) is 10.2 Å². The van der Waals surface area contributed by atoms with Crippen LogP contribution in [-0.4, -0.2) is 10.2 Å². The molecule has 0 fully saturated rings. The van der Waals surface area contributed by atoms with Crippen LogP contribution in [0, 0.1) is 0 Å². The van der Waals surface area contributed by atoms with Crippen molar-refractivity contribution in [2.24, 2.45) is 0 Å². The van der Waals surface area contributed by atoms with Crippen molar-refractivity contribution in [1.29, 1.82) is 0 Å². The second-order valence-corrected chi connectivity index (χ2v) is 4.29. The highest BCUT2D eigenvalue weighted by atomic mass is 15.1. The zero-order chi connectivity index (χ0) is 10.9. The Morgan fingerprint density at radius 2 is 1.67 bits per heavy atom. The Balaban J connectivity index is 2.32. The number of aryl methyl sites for hydroxylation is 2.